The van der Waals surface area contributed by atoms with Gasteiger partial charge >= 0.3 is 0 Å². The Morgan fingerprint density at radius 3 is 2.92 bits per heavy atom. The number of aliphatic imine (C=N–C) groups is 1. The van der Waals surface area contributed by atoms with E-state index in [0.29, 0.717) is 5.17 Å². The van der Waals surface area contributed by atoms with Crippen molar-refractivity contribution in [3.8, 4) is 0 Å². The van der Waals surface area contributed by atoms with Gasteiger partial charge in [0, 0.05) is 18.6 Å². The van der Waals surface area contributed by atoms with Crippen LogP contribution in [0.2, 0.25) is 5.02 Å². The van der Waals surface area contributed by atoms with Crippen LogP contribution in [0.3, 0.4) is 0 Å². The minimum Gasteiger partial charge on any atom is -0.325 e. The Kier molecular flexibility index (Phi) is 4.72. The number of anilines is 1. The second kappa shape index (κ2) is 6.78. The van der Waals surface area contributed by atoms with Gasteiger partial charge in [-0.3, -0.25) is 24.7 Å². The Bertz CT molecular complexity index is 750. The highest BCUT2D eigenvalue weighted by Gasteiger charge is 2.33. The molecule has 1 saturated carbocycles. The average molecular weight is 369 g/mol. The topological polar surface area (TPSA) is 114 Å². The highest BCUT2D eigenvalue weighted by molar-refractivity contribution is 8.15. The molecule has 0 bridgehead atoms. The van der Waals surface area contributed by atoms with Gasteiger partial charge < -0.3 is 10.6 Å². The van der Waals surface area contributed by atoms with E-state index < -0.39 is 16.1 Å². The van der Waals surface area contributed by atoms with Gasteiger partial charge in [0.2, 0.25) is 11.8 Å². The van der Waals surface area contributed by atoms with Crippen molar-refractivity contribution < 1.29 is 14.5 Å². The zero-order chi connectivity index (χ0) is 17.3. The summed E-state index contributed by atoms with van der Waals surface area (Å²) < 4.78 is 0. The Morgan fingerprint density at radius 2 is 2.25 bits per heavy atom. The molecule has 2 fully saturated rings. The molecule has 1 unspecified atom stereocenters. The van der Waals surface area contributed by atoms with Crippen LogP contribution < -0.4 is 10.6 Å². The quantitative estimate of drug-likeness (QED) is 0.611. The maximum atomic E-state index is 12.1. The van der Waals surface area contributed by atoms with E-state index in [1.165, 1.54) is 30.0 Å². The number of hydrogen-bond donors (Lipinski definition) is 2. The van der Waals surface area contributed by atoms with Crippen molar-refractivity contribution in [1.82, 2.24) is 5.32 Å². The summed E-state index contributed by atoms with van der Waals surface area (Å²) in [6.45, 7) is 0. The molecule has 1 saturated heterocycles. The minimum atomic E-state index is -0.577. The lowest BCUT2D eigenvalue weighted by Gasteiger charge is -2.08. The van der Waals surface area contributed by atoms with Gasteiger partial charge in [-0.15, -0.1) is 0 Å². The molecule has 1 heterocycles. The van der Waals surface area contributed by atoms with Crippen LogP contribution in [0.4, 0.5) is 11.4 Å². The van der Waals surface area contributed by atoms with E-state index in [1.54, 1.807) is 0 Å². The SMILES string of the molecule is O=C(CC1SC(=NC2CC2)NC1=O)Nc1cc([N+](=O)[O-])ccc1Cl. The standard InChI is InChI=1S/C14H13ClN4O4S/c15-9-4-3-8(19(22)23)5-10(9)17-12(20)6-11-13(21)18-14(24-11)16-7-1-2-7/h3-5,7,11H,1-2,6H2,(H,17,20)(H,16,18,21). The highest BCUT2D eigenvalue weighted by atomic mass is 35.5. The highest BCUT2D eigenvalue weighted by Crippen LogP contribution is 2.30. The molecule has 126 valence electrons. The molecule has 2 aliphatic rings. The largest absolute Gasteiger partial charge is 0.325 e. The molecule has 8 nitrogen and oxygen atoms in total. The number of halogens is 1. The number of nitrogens with one attached hydrogen (secondary N) is 2. The molecule has 2 N–H and O–H groups in total. The lowest BCUT2D eigenvalue weighted by atomic mass is 10.2. The van der Waals surface area contributed by atoms with Gasteiger partial charge in [0.25, 0.3) is 5.69 Å². The third-order valence-corrected chi connectivity index (χ3v) is 4.85. The van der Waals surface area contributed by atoms with E-state index >= 15 is 0 Å². The molecule has 1 atom stereocenters. The summed E-state index contributed by atoms with van der Waals surface area (Å²) in [4.78, 5) is 38.5. The maximum Gasteiger partial charge on any atom is 0.271 e. The summed E-state index contributed by atoms with van der Waals surface area (Å²) in [6, 6.07) is 4.05. The molecule has 0 aromatic heterocycles. The van der Waals surface area contributed by atoms with E-state index in [1.807, 2.05) is 0 Å². The van der Waals surface area contributed by atoms with Crippen LogP contribution in [0, 0.1) is 10.1 Å². The van der Waals surface area contributed by atoms with Crippen molar-refractivity contribution in [2.75, 3.05) is 5.32 Å². The molecular weight excluding hydrogens is 356 g/mol. The van der Waals surface area contributed by atoms with Crippen molar-refractivity contribution in [2.45, 2.75) is 30.6 Å². The summed E-state index contributed by atoms with van der Waals surface area (Å²) in [6.07, 6.45) is 1.98. The number of thioether (sulfide) groups is 1. The molecule has 3 rings (SSSR count). The number of nitro benzene ring substituents is 1. The smallest absolute Gasteiger partial charge is 0.271 e. The molecule has 1 aromatic rings. The Hall–Kier alpha value is -2.13. The van der Waals surface area contributed by atoms with Gasteiger partial charge in [-0.05, 0) is 18.9 Å². The van der Waals surface area contributed by atoms with Crippen molar-refractivity contribution in [3.05, 3.63) is 33.3 Å². The monoisotopic (exact) mass is 368 g/mol. The number of nitrogens with zero attached hydrogens (tertiary/aromatic N) is 2. The number of hydrogen-bond acceptors (Lipinski definition) is 6. The summed E-state index contributed by atoms with van der Waals surface area (Å²) in [5, 5.41) is 16.1. The number of non-ortho nitro benzene ring substituents is 1. The van der Waals surface area contributed by atoms with E-state index in [4.69, 9.17) is 11.6 Å². The van der Waals surface area contributed by atoms with E-state index in [0.717, 1.165) is 12.8 Å². The number of benzene rings is 1. The number of amides is 2. The molecule has 0 radical (unpaired) electrons. The zero-order valence-corrected chi connectivity index (χ0v) is 13.9. The minimum absolute atomic E-state index is 0.0702. The number of amidine groups is 1. The fraction of sp³-hybridized carbons (Fsp3) is 0.357. The van der Waals surface area contributed by atoms with E-state index in [2.05, 4.69) is 15.6 Å². The molecule has 24 heavy (non-hydrogen) atoms. The lowest BCUT2D eigenvalue weighted by Crippen LogP contribution is -2.28. The Labute approximate surface area is 146 Å². The van der Waals surface area contributed by atoms with E-state index in [9.17, 15) is 19.7 Å². The van der Waals surface area contributed by atoms with Crippen LogP contribution in [-0.2, 0) is 9.59 Å². The van der Waals surface area contributed by atoms with Gasteiger partial charge in [-0.1, -0.05) is 23.4 Å². The second-order valence-corrected chi connectivity index (χ2v) is 7.03. The van der Waals surface area contributed by atoms with Gasteiger partial charge in [-0.2, -0.15) is 0 Å². The summed E-state index contributed by atoms with van der Waals surface area (Å²) in [7, 11) is 0. The third-order valence-electron chi connectivity index (χ3n) is 3.43. The van der Waals surface area contributed by atoms with Crippen LogP contribution in [-0.4, -0.2) is 33.2 Å². The van der Waals surface area contributed by atoms with Crippen molar-refractivity contribution in [1.29, 1.82) is 0 Å². The number of carbonyl (C=O) groups is 2. The number of carbonyl (C=O) groups excluding carboxylic acids is 2. The average Bonchev–Trinajstić information content (AvgIpc) is 3.25. The summed E-state index contributed by atoms with van der Waals surface area (Å²) >= 11 is 7.16. The predicted molar refractivity (Wildman–Crippen MR) is 91.3 cm³/mol. The van der Waals surface area contributed by atoms with Crippen molar-refractivity contribution in [2.24, 2.45) is 4.99 Å². The fourth-order valence-electron chi connectivity index (χ4n) is 2.06. The number of rotatable bonds is 5. The molecule has 10 heteroatoms. The molecule has 1 aliphatic carbocycles. The van der Waals surface area contributed by atoms with E-state index in [-0.39, 0.29) is 34.8 Å². The first-order chi connectivity index (χ1) is 11.4. The molecule has 0 spiro atoms. The third kappa shape index (κ3) is 4.04. The fourth-order valence-corrected chi connectivity index (χ4v) is 3.27. The predicted octanol–water partition coefficient (Wildman–Crippen LogP) is 2.33. The summed E-state index contributed by atoms with van der Waals surface area (Å²) in [5.41, 5.74) is -0.0346. The van der Waals surface area contributed by atoms with Crippen molar-refractivity contribution in [3.63, 3.8) is 0 Å². The molecule has 1 aromatic carbocycles. The summed E-state index contributed by atoms with van der Waals surface area (Å²) in [5.74, 6) is -0.711. The van der Waals surface area contributed by atoms with Crippen LogP contribution in [0.25, 0.3) is 0 Å². The molecular formula is C14H13ClN4O4S. The first-order valence-corrected chi connectivity index (χ1v) is 8.47. The van der Waals surface area contributed by atoms with Gasteiger partial charge in [-0.25, -0.2) is 0 Å². The van der Waals surface area contributed by atoms with Crippen LogP contribution in [0.5, 0.6) is 0 Å². The van der Waals surface area contributed by atoms with Crippen molar-refractivity contribution >= 4 is 51.7 Å². The lowest BCUT2D eigenvalue weighted by molar-refractivity contribution is -0.384. The number of nitro groups is 1. The normalized spacial score (nSPS) is 21.6. The van der Waals surface area contributed by atoms with Crippen LogP contribution >= 0.6 is 23.4 Å². The van der Waals surface area contributed by atoms with Gasteiger partial charge in [0.15, 0.2) is 5.17 Å². The van der Waals surface area contributed by atoms with Crippen LogP contribution in [0.15, 0.2) is 23.2 Å². The van der Waals surface area contributed by atoms with Gasteiger partial charge in [0.05, 0.1) is 21.7 Å². The Balaban J connectivity index is 1.62. The Morgan fingerprint density at radius 1 is 1.50 bits per heavy atom. The second-order valence-electron chi connectivity index (χ2n) is 5.43. The maximum absolute atomic E-state index is 12.1. The first kappa shape index (κ1) is 16.7. The molecule has 1 aliphatic heterocycles. The molecule has 2 amide bonds. The zero-order valence-electron chi connectivity index (χ0n) is 12.3. The van der Waals surface area contributed by atoms with Crippen LogP contribution in [0.1, 0.15) is 19.3 Å². The first-order valence-electron chi connectivity index (χ1n) is 7.21. The van der Waals surface area contributed by atoms with Gasteiger partial charge in [0.1, 0.15) is 5.25 Å².